The van der Waals surface area contributed by atoms with Crippen LogP contribution in [0.2, 0.25) is 5.15 Å². The molecule has 0 fully saturated rings. The molecule has 21 heavy (non-hydrogen) atoms. The van der Waals surface area contributed by atoms with Crippen molar-refractivity contribution >= 4 is 11.6 Å². The molecule has 0 aliphatic carbocycles. The van der Waals surface area contributed by atoms with E-state index in [9.17, 15) is 13.2 Å². The molecule has 0 bridgehead atoms. The van der Waals surface area contributed by atoms with E-state index in [1.54, 1.807) is 31.4 Å². The Morgan fingerprint density at radius 3 is 2.38 bits per heavy atom. The van der Waals surface area contributed by atoms with Crippen LogP contribution in [0.3, 0.4) is 0 Å². The number of benzene rings is 1. The lowest BCUT2D eigenvalue weighted by Crippen LogP contribution is -2.06. The Hall–Kier alpha value is -1.95. The van der Waals surface area contributed by atoms with E-state index in [0.29, 0.717) is 5.75 Å². The van der Waals surface area contributed by atoms with Crippen molar-refractivity contribution in [2.24, 2.45) is 0 Å². The minimum Gasteiger partial charge on any atom is -0.497 e. The van der Waals surface area contributed by atoms with Crippen LogP contribution in [0.1, 0.15) is 11.1 Å². The smallest absolute Gasteiger partial charge is 0.416 e. The van der Waals surface area contributed by atoms with Crippen LogP contribution in [0.5, 0.6) is 11.6 Å². The standard InChI is InChI=1S/C14H11ClF3NO2/c1-20-11-4-2-9(3-5-11)8-21-13-7-10(14(16,17)18)6-12(15)19-13/h2-7H,8H2,1H3. The molecule has 2 aromatic rings. The summed E-state index contributed by atoms with van der Waals surface area (Å²) in [4.78, 5) is 3.71. The minimum atomic E-state index is -4.50. The zero-order chi connectivity index (χ0) is 15.5. The van der Waals surface area contributed by atoms with Gasteiger partial charge < -0.3 is 9.47 Å². The van der Waals surface area contributed by atoms with Crippen molar-refractivity contribution in [2.45, 2.75) is 12.8 Å². The maximum absolute atomic E-state index is 12.6. The molecule has 0 spiro atoms. The van der Waals surface area contributed by atoms with Crippen molar-refractivity contribution in [3.63, 3.8) is 0 Å². The molecule has 2 rings (SSSR count). The monoisotopic (exact) mass is 317 g/mol. The van der Waals surface area contributed by atoms with Crippen molar-refractivity contribution < 1.29 is 22.6 Å². The molecule has 1 heterocycles. The summed E-state index contributed by atoms with van der Waals surface area (Å²) in [5.41, 5.74) is -0.127. The normalized spacial score (nSPS) is 11.3. The minimum absolute atomic E-state index is 0.0780. The fourth-order valence-corrected chi connectivity index (χ4v) is 1.79. The van der Waals surface area contributed by atoms with Crippen LogP contribution in [0, 0.1) is 0 Å². The third-order valence-corrected chi connectivity index (χ3v) is 2.84. The van der Waals surface area contributed by atoms with Gasteiger partial charge in [0.05, 0.1) is 12.7 Å². The van der Waals surface area contributed by atoms with Gasteiger partial charge in [0.1, 0.15) is 17.5 Å². The Balaban J connectivity index is 2.10. The maximum atomic E-state index is 12.6. The number of pyridine rings is 1. The number of aromatic nitrogens is 1. The Kier molecular flexibility index (Phi) is 4.57. The lowest BCUT2D eigenvalue weighted by Gasteiger charge is -2.10. The molecule has 0 unspecified atom stereocenters. The Morgan fingerprint density at radius 1 is 1.14 bits per heavy atom. The average molecular weight is 318 g/mol. The highest BCUT2D eigenvalue weighted by atomic mass is 35.5. The molecule has 0 amide bonds. The summed E-state index contributed by atoms with van der Waals surface area (Å²) >= 11 is 5.57. The van der Waals surface area contributed by atoms with E-state index in [1.165, 1.54) is 0 Å². The molecule has 7 heteroatoms. The highest BCUT2D eigenvalue weighted by molar-refractivity contribution is 6.29. The molecule has 0 saturated carbocycles. The first kappa shape index (κ1) is 15.4. The summed E-state index contributed by atoms with van der Waals surface area (Å²) in [6.07, 6.45) is -4.50. The van der Waals surface area contributed by atoms with Gasteiger partial charge >= 0.3 is 6.18 Å². The van der Waals surface area contributed by atoms with Gasteiger partial charge in [-0.25, -0.2) is 4.98 Å². The van der Waals surface area contributed by atoms with Gasteiger partial charge in [-0.3, -0.25) is 0 Å². The highest BCUT2D eigenvalue weighted by Gasteiger charge is 2.31. The number of ether oxygens (including phenoxy) is 2. The molecule has 112 valence electrons. The number of methoxy groups -OCH3 is 1. The second-order valence-electron chi connectivity index (χ2n) is 4.15. The zero-order valence-electron chi connectivity index (χ0n) is 10.9. The third kappa shape index (κ3) is 4.26. The second-order valence-corrected chi connectivity index (χ2v) is 4.54. The summed E-state index contributed by atoms with van der Waals surface area (Å²) in [5, 5.41) is -0.269. The van der Waals surface area contributed by atoms with Crippen LogP contribution in [0.25, 0.3) is 0 Å². The fourth-order valence-electron chi connectivity index (χ4n) is 1.59. The lowest BCUT2D eigenvalue weighted by atomic mass is 10.2. The van der Waals surface area contributed by atoms with Gasteiger partial charge in [0.25, 0.3) is 0 Å². The van der Waals surface area contributed by atoms with Crippen molar-refractivity contribution in [3.05, 3.63) is 52.7 Å². The largest absolute Gasteiger partial charge is 0.497 e. The Bertz CT molecular complexity index is 615. The van der Waals surface area contributed by atoms with E-state index in [0.717, 1.165) is 17.7 Å². The van der Waals surface area contributed by atoms with E-state index in [4.69, 9.17) is 21.1 Å². The molecule has 0 aliphatic heterocycles. The average Bonchev–Trinajstić information content (AvgIpc) is 2.44. The molecule has 3 nitrogen and oxygen atoms in total. The molecule has 1 aromatic carbocycles. The van der Waals surface area contributed by atoms with Gasteiger partial charge in [0.15, 0.2) is 0 Å². The summed E-state index contributed by atoms with van der Waals surface area (Å²) < 4.78 is 48.2. The lowest BCUT2D eigenvalue weighted by molar-refractivity contribution is -0.137. The second kappa shape index (κ2) is 6.22. The van der Waals surface area contributed by atoms with Crippen molar-refractivity contribution in [1.82, 2.24) is 4.98 Å². The van der Waals surface area contributed by atoms with E-state index >= 15 is 0 Å². The molecular weight excluding hydrogens is 307 g/mol. The number of hydrogen-bond donors (Lipinski definition) is 0. The van der Waals surface area contributed by atoms with E-state index in [2.05, 4.69) is 4.98 Å². The van der Waals surface area contributed by atoms with Crippen LogP contribution < -0.4 is 9.47 Å². The number of hydrogen-bond acceptors (Lipinski definition) is 3. The summed E-state index contributed by atoms with van der Waals surface area (Å²) in [7, 11) is 1.54. The quantitative estimate of drug-likeness (QED) is 0.786. The summed E-state index contributed by atoms with van der Waals surface area (Å²) in [6, 6.07) is 8.51. The van der Waals surface area contributed by atoms with Crippen LogP contribution in [0.15, 0.2) is 36.4 Å². The zero-order valence-corrected chi connectivity index (χ0v) is 11.7. The fraction of sp³-hybridized carbons (Fsp3) is 0.214. The van der Waals surface area contributed by atoms with Gasteiger partial charge in [-0.2, -0.15) is 13.2 Å². The summed E-state index contributed by atoms with van der Waals surface area (Å²) in [6.45, 7) is 0.0780. The Labute approximate surface area is 124 Å². The van der Waals surface area contributed by atoms with Gasteiger partial charge in [-0.1, -0.05) is 23.7 Å². The topological polar surface area (TPSA) is 31.4 Å². The molecule has 1 aromatic heterocycles. The molecule has 0 aliphatic rings. The number of rotatable bonds is 4. The summed E-state index contributed by atoms with van der Waals surface area (Å²) in [5.74, 6) is 0.504. The first-order chi connectivity index (χ1) is 9.88. The van der Waals surface area contributed by atoms with Gasteiger partial charge in [-0.05, 0) is 23.8 Å². The van der Waals surface area contributed by atoms with Crippen molar-refractivity contribution in [3.8, 4) is 11.6 Å². The van der Waals surface area contributed by atoms with Gasteiger partial charge in [0.2, 0.25) is 5.88 Å². The van der Waals surface area contributed by atoms with Gasteiger partial charge in [-0.15, -0.1) is 0 Å². The van der Waals surface area contributed by atoms with Crippen LogP contribution in [-0.2, 0) is 12.8 Å². The van der Waals surface area contributed by atoms with Crippen molar-refractivity contribution in [2.75, 3.05) is 7.11 Å². The maximum Gasteiger partial charge on any atom is 0.416 e. The van der Waals surface area contributed by atoms with E-state index in [-0.39, 0.29) is 17.6 Å². The SMILES string of the molecule is COc1ccc(COc2cc(C(F)(F)F)cc(Cl)n2)cc1. The first-order valence-corrected chi connectivity index (χ1v) is 6.27. The predicted octanol–water partition coefficient (Wildman–Crippen LogP) is 4.34. The third-order valence-electron chi connectivity index (χ3n) is 2.64. The molecule has 0 saturated heterocycles. The van der Waals surface area contributed by atoms with Crippen LogP contribution in [0.4, 0.5) is 13.2 Å². The number of alkyl halides is 3. The highest BCUT2D eigenvalue weighted by Crippen LogP contribution is 2.32. The molecular formula is C14H11ClF3NO2. The van der Waals surface area contributed by atoms with Crippen molar-refractivity contribution in [1.29, 1.82) is 0 Å². The van der Waals surface area contributed by atoms with Gasteiger partial charge in [0, 0.05) is 6.07 Å². The number of nitrogens with zero attached hydrogens (tertiary/aromatic N) is 1. The number of halogens is 4. The van der Waals surface area contributed by atoms with Crippen LogP contribution >= 0.6 is 11.6 Å². The molecule has 0 radical (unpaired) electrons. The molecule has 0 atom stereocenters. The Morgan fingerprint density at radius 2 is 1.81 bits per heavy atom. The van der Waals surface area contributed by atoms with E-state index in [1.807, 2.05) is 0 Å². The first-order valence-electron chi connectivity index (χ1n) is 5.89. The predicted molar refractivity (Wildman–Crippen MR) is 71.6 cm³/mol. The van der Waals surface area contributed by atoms with E-state index < -0.39 is 11.7 Å². The van der Waals surface area contributed by atoms with Crippen LogP contribution in [-0.4, -0.2) is 12.1 Å². The molecule has 0 N–H and O–H groups in total.